The van der Waals surface area contributed by atoms with Crippen LogP contribution in [0, 0.1) is 11.9 Å². The maximum Gasteiger partial charge on any atom is 0.421 e. The van der Waals surface area contributed by atoms with Gasteiger partial charge in [-0.25, -0.2) is 4.98 Å². The second kappa shape index (κ2) is 5.18. The third-order valence-electron chi connectivity index (χ3n) is 3.19. The topological polar surface area (TPSA) is 39.4 Å². The second-order valence-corrected chi connectivity index (χ2v) is 4.63. The normalized spacial score (nSPS) is 11.9. The average Bonchev–Trinajstić information content (AvgIpc) is 2.86. The van der Waals surface area contributed by atoms with Gasteiger partial charge in [0.15, 0.2) is 0 Å². The van der Waals surface area contributed by atoms with E-state index >= 15 is 0 Å². The van der Waals surface area contributed by atoms with E-state index in [0.717, 1.165) is 35.9 Å². The number of ether oxygens (including phenoxy) is 1. The van der Waals surface area contributed by atoms with Crippen molar-refractivity contribution in [1.29, 1.82) is 0 Å². The number of methoxy groups -OCH3 is 1. The molecule has 0 aromatic carbocycles. The lowest BCUT2D eigenvalue weighted by molar-refractivity contribution is -0.139. The molecule has 0 spiro atoms. The third-order valence-corrected chi connectivity index (χ3v) is 3.19. The lowest BCUT2D eigenvalue weighted by Gasteiger charge is -2.13. The maximum atomic E-state index is 13.2. The Hall–Kier alpha value is -2.71. The van der Waals surface area contributed by atoms with Crippen LogP contribution in [-0.4, -0.2) is 21.5 Å². The van der Waals surface area contributed by atoms with Crippen molar-refractivity contribution in [2.75, 3.05) is 7.11 Å². The van der Waals surface area contributed by atoms with Gasteiger partial charge in [0, 0.05) is 30.0 Å². The van der Waals surface area contributed by atoms with Crippen LogP contribution in [0.2, 0.25) is 0 Å². The SMILES string of the molecule is COc1cc2ncc(-c3cc(F)nc(F)c3)n2cc1C(F)(F)F. The van der Waals surface area contributed by atoms with Crippen molar-refractivity contribution in [3.63, 3.8) is 0 Å². The van der Waals surface area contributed by atoms with Crippen molar-refractivity contribution >= 4 is 5.65 Å². The molecule has 0 amide bonds. The van der Waals surface area contributed by atoms with Crippen LogP contribution in [0.1, 0.15) is 5.56 Å². The second-order valence-electron chi connectivity index (χ2n) is 4.63. The highest BCUT2D eigenvalue weighted by Gasteiger charge is 2.35. The van der Waals surface area contributed by atoms with Crippen LogP contribution in [0.15, 0.2) is 30.6 Å². The number of nitrogens with zero attached hydrogens (tertiary/aromatic N) is 3. The summed E-state index contributed by atoms with van der Waals surface area (Å²) in [7, 11) is 1.11. The lowest BCUT2D eigenvalue weighted by atomic mass is 10.2. The summed E-state index contributed by atoms with van der Waals surface area (Å²) in [5.74, 6) is -2.56. The highest BCUT2D eigenvalue weighted by molar-refractivity contribution is 5.65. The van der Waals surface area contributed by atoms with Gasteiger partial charge in [0.1, 0.15) is 17.0 Å². The highest BCUT2D eigenvalue weighted by atomic mass is 19.4. The molecule has 0 N–H and O–H groups in total. The first-order valence-electron chi connectivity index (χ1n) is 6.25. The molecule has 3 rings (SSSR count). The predicted molar refractivity (Wildman–Crippen MR) is 69.9 cm³/mol. The lowest BCUT2D eigenvalue weighted by Crippen LogP contribution is -2.09. The molecule has 0 aliphatic heterocycles. The molecule has 23 heavy (non-hydrogen) atoms. The number of fused-ring (bicyclic) bond motifs is 1. The Bertz CT molecular complexity index is 868. The molecular formula is C14H8F5N3O. The minimum atomic E-state index is -4.66. The fourth-order valence-electron chi connectivity index (χ4n) is 2.21. The molecule has 0 saturated carbocycles. The summed E-state index contributed by atoms with van der Waals surface area (Å²) in [6.45, 7) is 0. The average molecular weight is 329 g/mol. The van der Waals surface area contributed by atoms with Crippen LogP contribution < -0.4 is 4.74 Å². The number of hydrogen-bond acceptors (Lipinski definition) is 3. The molecule has 4 nitrogen and oxygen atoms in total. The molecule has 3 aromatic rings. The standard InChI is InChI=1S/C14H8F5N3O/c1-23-10-4-13-20-5-9(7-2-11(15)21-12(16)3-7)22(13)6-8(10)14(17,18)19/h2-6H,1H3. The van der Waals surface area contributed by atoms with E-state index in [1.54, 1.807) is 0 Å². The zero-order valence-electron chi connectivity index (χ0n) is 11.5. The molecule has 0 aliphatic carbocycles. The third kappa shape index (κ3) is 2.69. The van der Waals surface area contributed by atoms with Crippen LogP contribution >= 0.6 is 0 Å². The Balaban J connectivity index is 2.27. The molecule has 0 fully saturated rings. The molecule has 0 saturated heterocycles. The molecule has 3 heterocycles. The summed E-state index contributed by atoms with van der Waals surface area (Å²) >= 11 is 0. The number of halogens is 5. The van der Waals surface area contributed by atoms with Crippen LogP contribution in [0.3, 0.4) is 0 Å². The van der Waals surface area contributed by atoms with E-state index in [2.05, 4.69) is 9.97 Å². The van der Waals surface area contributed by atoms with Crippen LogP contribution in [0.4, 0.5) is 22.0 Å². The van der Waals surface area contributed by atoms with Crippen molar-refractivity contribution in [2.24, 2.45) is 0 Å². The summed E-state index contributed by atoms with van der Waals surface area (Å²) in [5, 5.41) is 0. The van der Waals surface area contributed by atoms with Crippen molar-refractivity contribution in [1.82, 2.24) is 14.4 Å². The molecule has 3 aromatic heterocycles. The number of imidazole rings is 1. The zero-order valence-corrected chi connectivity index (χ0v) is 11.5. The fraction of sp³-hybridized carbons (Fsp3) is 0.143. The van der Waals surface area contributed by atoms with Gasteiger partial charge in [-0.1, -0.05) is 0 Å². The molecule has 0 atom stereocenters. The fourth-order valence-corrected chi connectivity index (χ4v) is 2.21. The number of pyridine rings is 2. The smallest absolute Gasteiger partial charge is 0.421 e. The van der Waals surface area contributed by atoms with Gasteiger partial charge in [-0.15, -0.1) is 0 Å². The van der Waals surface area contributed by atoms with Gasteiger partial charge in [-0.05, 0) is 0 Å². The molecule has 9 heteroatoms. The zero-order chi connectivity index (χ0) is 16.8. The first-order chi connectivity index (χ1) is 10.8. The summed E-state index contributed by atoms with van der Waals surface area (Å²) in [6.07, 6.45) is -2.67. The van der Waals surface area contributed by atoms with Gasteiger partial charge < -0.3 is 4.74 Å². The predicted octanol–water partition coefficient (Wildman–Crippen LogP) is 3.70. The molecular weight excluding hydrogens is 321 g/mol. The van der Waals surface area contributed by atoms with E-state index in [0.29, 0.717) is 0 Å². The van der Waals surface area contributed by atoms with Crippen molar-refractivity contribution in [3.8, 4) is 17.0 Å². The van der Waals surface area contributed by atoms with Crippen LogP contribution in [-0.2, 0) is 6.18 Å². The highest BCUT2D eigenvalue weighted by Crippen LogP contribution is 2.37. The number of aromatic nitrogens is 3. The molecule has 0 bridgehead atoms. The number of alkyl halides is 3. The quantitative estimate of drug-likeness (QED) is 0.532. The maximum absolute atomic E-state index is 13.2. The van der Waals surface area contributed by atoms with Crippen molar-refractivity contribution < 1.29 is 26.7 Å². The monoisotopic (exact) mass is 329 g/mol. The van der Waals surface area contributed by atoms with Gasteiger partial charge in [0.05, 0.1) is 19.0 Å². The Morgan fingerprint density at radius 1 is 1.09 bits per heavy atom. The first-order valence-corrected chi connectivity index (χ1v) is 6.25. The van der Waals surface area contributed by atoms with E-state index in [-0.39, 0.29) is 16.9 Å². The van der Waals surface area contributed by atoms with Gasteiger partial charge in [0.2, 0.25) is 11.9 Å². The Labute approximate surface area is 126 Å². The van der Waals surface area contributed by atoms with E-state index in [1.807, 2.05) is 0 Å². The molecule has 120 valence electrons. The van der Waals surface area contributed by atoms with Crippen molar-refractivity contribution in [2.45, 2.75) is 6.18 Å². The Morgan fingerprint density at radius 3 is 2.30 bits per heavy atom. The summed E-state index contributed by atoms with van der Waals surface area (Å²) in [6, 6.07) is 2.91. The summed E-state index contributed by atoms with van der Waals surface area (Å²) in [5.41, 5.74) is -0.779. The Morgan fingerprint density at radius 2 is 1.74 bits per heavy atom. The molecule has 0 radical (unpaired) electrons. The first kappa shape index (κ1) is 15.2. The van der Waals surface area contributed by atoms with Gasteiger partial charge >= 0.3 is 6.18 Å². The van der Waals surface area contributed by atoms with Gasteiger partial charge in [-0.2, -0.15) is 26.9 Å². The Kier molecular flexibility index (Phi) is 3.42. The molecule has 0 aliphatic rings. The van der Waals surface area contributed by atoms with E-state index in [4.69, 9.17) is 4.74 Å². The van der Waals surface area contributed by atoms with Gasteiger partial charge in [0.25, 0.3) is 0 Å². The van der Waals surface area contributed by atoms with E-state index < -0.39 is 29.4 Å². The number of hydrogen-bond donors (Lipinski definition) is 0. The summed E-state index contributed by atoms with van der Waals surface area (Å²) in [4.78, 5) is 6.88. The van der Waals surface area contributed by atoms with E-state index in [1.165, 1.54) is 6.20 Å². The largest absolute Gasteiger partial charge is 0.496 e. The minimum absolute atomic E-state index is 0.0146. The summed E-state index contributed by atoms with van der Waals surface area (Å²) < 4.78 is 71.5. The van der Waals surface area contributed by atoms with Crippen LogP contribution in [0.5, 0.6) is 5.75 Å². The minimum Gasteiger partial charge on any atom is -0.496 e. The van der Waals surface area contributed by atoms with Crippen LogP contribution in [0.25, 0.3) is 16.9 Å². The van der Waals surface area contributed by atoms with Gasteiger partial charge in [-0.3, -0.25) is 4.40 Å². The van der Waals surface area contributed by atoms with Crippen molar-refractivity contribution in [3.05, 3.63) is 48.1 Å². The molecule has 0 unspecified atom stereocenters. The number of rotatable bonds is 2. The van der Waals surface area contributed by atoms with E-state index in [9.17, 15) is 22.0 Å².